The van der Waals surface area contributed by atoms with E-state index in [0.717, 1.165) is 0 Å². The number of aliphatic hydroxyl groups excluding tert-OH is 1. The highest BCUT2D eigenvalue weighted by atomic mass is 16.5. The number of amides is 1. The van der Waals surface area contributed by atoms with E-state index in [1.54, 1.807) is 7.11 Å². The van der Waals surface area contributed by atoms with Crippen LogP contribution in [0.25, 0.3) is 0 Å². The normalized spacial score (nSPS) is 33.4. The van der Waals surface area contributed by atoms with E-state index in [9.17, 15) is 9.90 Å². The van der Waals surface area contributed by atoms with Gasteiger partial charge in [-0.05, 0) is 26.2 Å². The molecule has 1 rings (SSSR count). The van der Waals surface area contributed by atoms with Crippen LogP contribution in [-0.2, 0) is 14.3 Å². The zero-order valence-corrected chi connectivity index (χ0v) is 11.7. The molecule has 1 aliphatic heterocycles. The summed E-state index contributed by atoms with van der Waals surface area (Å²) in [7, 11) is 1.60. The highest BCUT2D eigenvalue weighted by molar-refractivity contribution is 5.80. The predicted molar refractivity (Wildman–Crippen MR) is 68.2 cm³/mol. The molecule has 0 aromatic carbocycles. The molecule has 5 nitrogen and oxygen atoms in total. The van der Waals surface area contributed by atoms with Crippen molar-refractivity contribution in [3.8, 4) is 0 Å². The van der Waals surface area contributed by atoms with Crippen molar-refractivity contribution in [3.05, 3.63) is 0 Å². The molecule has 106 valence electrons. The van der Waals surface area contributed by atoms with Crippen molar-refractivity contribution in [2.45, 2.75) is 45.4 Å². The van der Waals surface area contributed by atoms with Gasteiger partial charge in [0.2, 0.25) is 5.91 Å². The summed E-state index contributed by atoms with van der Waals surface area (Å²) in [6, 6.07) is -0.243. The molecule has 0 aromatic rings. The number of methoxy groups -OCH3 is 1. The third kappa shape index (κ3) is 3.67. The van der Waals surface area contributed by atoms with E-state index in [1.807, 2.05) is 20.8 Å². The number of carbonyl (C=O) groups excluding carboxylic acids is 1. The predicted octanol–water partition coefficient (Wildman–Crippen LogP) is 0.559. The van der Waals surface area contributed by atoms with E-state index in [2.05, 4.69) is 5.32 Å². The summed E-state index contributed by atoms with van der Waals surface area (Å²) in [6.07, 6.45) is 0.643. The molecule has 18 heavy (non-hydrogen) atoms. The van der Waals surface area contributed by atoms with E-state index in [-0.39, 0.29) is 42.6 Å². The van der Waals surface area contributed by atoms with Gasteiger partial charge in [-0.15, -0.1) is 0 Å². The van der Waals surface area contributed by atoms with E-state index in [4.69, 9.17) is 9.47 Å². The van der Waals surface area contributed by atoms with Gasteiger partial charge < -0.3 is 19.9 Å². The maximum Gasteiger partial charge on any atom is 0.226 e. The lowest BCUT2D eigenvalue weighted by Gasteiger charge is -2.22. The number of aliphatic hydroxyl groups is 1. The lowest BCUT2D eigenvalue weighted by atomic mass is 9.88. The molecule has 5 atom stereocenters. The Balaban J connectivity index is 2.53. The van der Waals surface area contributed by atoms with Crippen LogP contribution in [0, 0.1) is 11.8 Å². The van der Waals surface area contributed by atoms with Crippen LogP contribution in [-0.4, -0.2) is 49.6 Å². The topological polar surface area (TPSA) is 67.8 Å². The minimum atomic E-state index is -0.243. The molecule has 1 amide bonds. The monoisotopic (exact) mass is 259 g/mol. The second-order valence-electron chi connectivity index (χ2n) is 5.10. The number of ether oxygens (including phenoxy) is 2. The van der Waals surface area contributed by atoms with Crippen LogP contribution in [0.3, 0.4) is 0 Å². The fraction of sp³-hybridized carbons (Fsp3) is 0.923. The summed E-state index contributed by atoms with van der Waals surface area (Å²) >= 11 is 0. The molecular weight excluding hydrogens is 234 g/mol. The van der Waals surface area contributed by atoms with Gasteiger partial charge in [0, 0.05) is 13.7 Å². The average Bonchev–Trinajstić information content (AvgIpc) is 2.58. The molecule has 1 saturated heterocycles. The van der Waals surface area contributed by atoms with Gasteiger partial charge in [0.15, 0.2) is 0 Å². The summed E-state index contributed by atoms with van der Waals surface area (Å²) in [5.41, 5.74) is 0. The second-order valence-corrected chi connectivity index (χ2v) is 5.10. The number of nitrogens with one attached hydrogen (secondary N) is 1. The maximum absolute atomic E-state index is 12.2. The molecule has 1 aliphatic rings. The first-order valence-corrected chi connectivity index (χ1v) is 6.56. The van der Waals surface area contributed by atoms with Gasteiger partial charge in [0.05, 0.1) is 30.8 Å². The quantitative estimate of drug-likeness (QED) is 0.731. The van der Waals surface area contributed by atoms with Gasteiger partial charge in [-0.2, -0.15) is 0 Å². The molecule has 0 aliphatic carbocycles. The van der Waals surface area contributed by atoms with E-state index in [0.29, 0.717) is 13.0 Å². The molecule has 0 aromatic heterocycles. The zero-order valence-electron chi connectivity index (χ0n) is 11.7. The third-order valence-electron chi connectivity index (χ3n) is 3.78. The fourth-order valence-electron chi connectivity index (χ4n) is 2.49. The largest absolute Gasteiger partial charge is 0.394 e. The zero-order chi connectivity index (χ0) is 13.7. The van der Waals surface area contributed by atoms with E-state index in [1.165, 1.54) is 0 Å². The number of hydrogen-bond acceptors (Lipinski definition) is 4. The Morgan fingerprint density at radius 2 is 2.06 bits per heavy atom. The maximum atomic E-state index is 12.2. The van der Waals surface area contributed by atoms with E-state index >= 15 is 0 Å². The van der Waals surface area contributed by atoms with Crippen LogP contribution >= 0.6 is 0 Å². The van der Waals surface area contributed by atoms with Crippen molar-refractivity contribution < 1.29 is 19.4 Å². The number of carbonyl (C=O) groups is 1. The molecule has 1 fully saturated rings. The lowest BCUT2D eigenvalue weighted by Crippen LogP contribution is -2.44. The Labute approximate surface area is 109 Å². The molecule has 0 bridgehead atoms. The number of hydrogen-bond donors (Lipinski definition) is 2. The molecule has 5 heteroatoms. The minimum absolute atomic E-state index is 0.0329. The minimum Gasteiger partial charge on any atom is -0.394 e. The second kappa shape index (κ2) is 7.07. The van der Waals surface area contributed by atoms with Crippen LogP contribution < -0.4 is 5.32 Å². The Kier molecular flexibility index (Phi) is 6.05. The first-order chi connectivity index (χ1) is 8.51. The van der Waals surface area contributed by atoms with Gasteiger partial charge in [-0.3, -0.25) is 4.79 Å². The Morgan fingerprint density at radius 1 is 1.39 bits per heavy atom. The molecule has 0 radical (unpaired) electrons. The molecule has 5 unspecified atom stereocenters. The van der Waals surface area contributed by atoms with Crippen molar-refractivity contribution in [2.75, 3.05) is 20.3 Å². The van der Waals surface area contributed by atoms with Crippen molar-refractivity contribution in [1.29, 1.82) is 0 Å². The summed E-state index contributed by atoms with van der Waals surface area (Å²) in [4.78, 5) is 12.2. The first-order valence-electron chi connectivity index (χ1n) is 6.56. The van der Waals surface area contributed by atoms with Gasteiger partial charge in [-0.1, -0.05) is 6.92 Å². The smallest absolute Gasteiger partial charge is 0.226 e. The van der Waals surface area contributed by atoms with Crippen LogP contribution in [0.2, 0.25) is 0 Å². The van der Waals surface area contributed by atoms with E-state index < -0.39 is 0 Å². The summed E-state index contributed by atoms with van der Waals surface area (Å²) in [6.45, 7) is 6.40. The highest BCUT2D eigenvalue weighted by Gasteiger charge is 2.41. The van der Waals surface area contributed by atoms with Crippen molar-refractivity contribution in [1.82, 2.24) is 5.32 Å². The Morgan fingerprint density at radius 3 is 2.50 bits per heavy atom. The highest BCUT2D eigenvalue weighted by Crippen LogP contribution is 2.32. The standard InChI is InChI=1S/C13H25NO4/c1-8-9(2)18-10(3)12(8)13(16)14-11(7-15)5-6-17-4/h8-12,15H,5-7H2,1-4H3,(H,14,16). The fourth-order valence-corrected chi connectivity index (χ4v) is 2.49. The van der Waals surface area contributed by atoms with Crippen molar-refractivity contribution >= 4 is 5.91 Å². The SMILES string of the molecule is COCCC(CO)NC(=O)C1C(C)OC(C)C1C. The van der Waals surface area contributed by atoms with Crippen LogP contribution in [0.4, 0.5) is 0 Å². The van der Waals surface area contributed by atoms with Crippen LogP contribution in [0.15, 0.2) is 0 Å². The van der Waals surface area contributed by atoms with Gasteiger partial charge in [0.25, 0.3) is 0 Å². The summed E-state index contributed by atoms with van der Waals surface area (Å²) in [5.74, 6) is 0.0212. The van der Waals surface area contributed by atoms with Crippen molar-refractivity contribution in [2.24, 2.45) is 11.8 Å². The molecule has 0 spiro atoms. The molecule has 1 heterocycles. The van der Waals surface area contributed by atoms with Crippen molar-refractivity contribution in [3.63, 3.8) is 0 Å². The van der Waals surface area contributed by atoms with Gasteiger partial charge >= 0.3 is 0 Å². The van der Waals surface area contributed by atoms with Crippen LogP contribution in [0.1, 0.15) is 27.2 Å². The van der Waals surface area contributed by atoms with Gasteiger partial charge in [-0.25, -0.2) is 0 Å². The molecule has 2 N–H and O–H groups in total. The molecular formula is C13H25NO4. The number of rotatable bonds is 6. The average molecular weight is 259 g/mol. The Hall–Kier alpha value is -0.650. The first kappa shape index (κ1) is 15.4. The van der Waals surface area contributed by atoms with Crippen LogP contribution in [0.5, 0.6) is 0 Å². The summed E-state index contributed by atoms with van der Waals surface area (Å²) in [5, 5.41) is 12.1. The summed E-state index contributed by atoms with van der Waals surface area (Å²) < 4.78 is 10.6. The Bertz CT molecular complexity index is 272. The van der Waals surface area contributed by atoms with Gasteiger partial charge in [0.1, 0.15) is 0 Å². The third-order valence-corrected chi connectivity index (χ3v) is 3.78. The lowest BCUT2D eigenvalue weighted by molar-refractivity contribution is -0.128. The molecule has 0 saturated carbocycles.